The van der Waals surface area contributed by atoms with Crippen LogP contribution in [0.25, 0.3) is 0 Å². The number of carbonyl (C=O) groups excluding carboxylic acids is 1. The van der Waals surface area contributed by atoms with Gasteiger partial charge in [-0.05, 0) is 66.2 Å². The van der Waals surface area contributed by atoms with E-state index >= 15 is 0 Å². The highest BCUT2D eigenvalue weighted by Crippen LogP contribution is 2.25. The van der Waals surface area contributed by atoms with E-state index in [9.17, 15) is 41.4 Å². The average molecular weight is 624 g/mol. The SMILES string of the molecule is O=C(NC(C(=O)O)C(C(=O)O)c1ccc(NS(=O)(=O)c2ccccc2)cc1)c1ccc(NS(=O)(=O)c2ccccc2)cc1. The van der Waals surface area contributed by atoms with Gasteiger partial charge in [-0.25, -0.2) is 21.6 Å². The Morgan fingerprint density at radius 2 is 0.977 bits per heavy atom. The average Bonchev–Trinajstić information content (AvgIpc) is 2.98. The molecule has 0 aliphatic heterocycles. The third-order valence-corrected chi connectivity index (χ3v) is 8.97. The lowest BCUT2D eigenvalue weighted by atomic mass is 9.91. The van der Waals surface area contributed by atoms with E-state index in [0.717, 1.165) is 0 Å². The second kappa shape index (κ2) is 12.8. The first-order valence-electron chi connectivity index (χ1n) is 12.5. The first-order chi connectivity index (χ1) is 20.4. The first kappa shape index (κ1) is 30.7. The topological polar surface area (TPSA) is 196 Å². The summed E-state index contributed by atoms with van der Waals surface area (Å²) in [7, 11) is -7.81. The molecule has 12 nitrogen and oxygen atoms in total. The monoisotopic (exact) mass is 623 g/mol. The van der Waals surface area contributed by atoms with Gasteiger partial charge in [-0.2, -0.15) is 0 Å². The van der Waals surface area contributed by atoms with Crippen molar-refractivity contribution < 1.29 is 41.4 Å². The predicted molar refractivity (Wildman–Crippen MR) is 157 cm³/mol. The fraction of sp³-hybridized carbons (Fsp3) is 0.0690. The molecule has 14 heteroatoms. The van der Waals surface area contributed by atoms with Gasteiger partial charge in [0.15, 0.2) is 0 Å². The van der Waals surface area contributed by atoms with Crippen LogP contribution >= 0.6 is 0 Å². The molecule has 0 fully saturated rings. The Morgan fingerprint density at radius 3 is 1.37 bits per heavy atom. The molecule has 0 aliphatic rings. The van der Waals surface area contributed by atoms with Crippen molar-refractivity contribution in [3.05, 3.63) is 120 Å². The zero-order chi connectivity index (χ0) is 31.2. The van der Waals surface area contributed by atoms with Gasteiger partial charge in [0.1, 0.15) is 12.0 Å². The number of carboxylic acids is 2. The van der Waals surface area contributed by atoms with Gasteiger partial charge < -0.3 is 15.5 Å². The fourth-order valence-electron chi connectivity index (χ4n) is 4.07. The van der Waals surface area contributed by atoms with Crippen molar-refractivity contribution in [3.8, 4) is 0 Å². The Bertz CT molecular complexity index is 1830. The molecule has 2 unspecified atom stereocenters. The number of nitrogens with one attached hydrogen (secondary N) is 3. The quantitative estimate of drug-likeness (QED) is 0.157. The molecule has 0 saturated carbocycles. The molecule has 0 aromatic heterocycles. The number of carboxylic acid groups (broad SMARTS) is 2. The Hall–Kier alpha value is -5.21. The van der Waals surface area contributed by atoms with Crippen LogP contribution in [0.1, 0.15) is 21.8 Å². The van der Waals surface area contributed by atoms with Crippen molar-refractivity contribution >= 4 is 49.3 Å². The summed E-state index contributed by atoms with van der Waals surface area (Å²) < 4.78 is 54.9. The summed E-state index contributed by atoms with van der Waals surface area (Å²) in [5.74, 6) is -5.82. The van der Waals surface area contributed by atoms with E-state index in [2.05, 4.69) is 14.8 Å². The minimum absolute atomic E-state index is 0.00599. The van der Waals surface area contributed by atoms with E-state index in [1.165, 1.54) is 72.8 Å². The number of anilines is 2. The zero-order valence-corrected chi connectivity index (χ0v) is 23.7. The molecule has 4 rings (SSSR count). The van der Waals surface area contributed by atoms with Crippen LogP contribution in [0.5, 0.6) is 0 Å². The van der Waals surface area contributed by atoms with Crippen molar-refractivity contribution in [2.24, 2.45) is 0 Å². The van der Waals surface area contributed by atoms with Gasteiger partial charge >= 0.3 is 11.9 Å². The largest absolute Gasteiger partial charge is 0.481 e. The number of sulfonamides is 2. The second-order valence-electron chi connectivity index (χ2n) is 9.14. The standard InChI is InChI=1S/C29H25N3O9S2/c33-27(20-13-17-22(18-14-20)32-43(40,41)24-9-5-2-6-10-24)30-26(29(36)37)25(28(34)35)19-11-15-21(16-12-19)31-42(38,39)23-7-3-1-4-8-23/h1-18,25-26,31-32H,(H,30,33)(H,34,35)(H,36,37). The number of carbonyl (C=O) groups is 3. The Kier molecular flexibility index (Phi) is 9.12. The highest BCUT2D eigenvalue weighted by molar-refractivity contribution is 7.93. The van der Waals surface area contributed by atoms with E-state index in [-0.39, 0.29) is 32.3 Å². The highest BCUT2D eigenvalue weighted by atomic mass is 32.2. The molecular weight excluding hydrogens is 598 g/mol. The Morgan fingerprint density at radius 1 is 0.558 bits per heavy atom. The molecule has 0 saturated heterocycles. The van der Waals surface area contributed by atoms with Gasteiger partial charge in [-0.3, -0.25) is 19.0 Å². The zero-order valence-electron chi connectivity index (χ0n) is 22.1. The number of hydrogen-bond donors (Lipinski definition) is 5. The van der Waals surface area contributed by atoms with E-state index in [1.807, 2.05) is 0 Å². The van der Waals surface area contributed by atoms with Gasteiger partial charge in [-0.15, -0.1) is 0 Å². The van der Waals surface area contributed by atoms with Crippen LogP contribution in [-0.4, -0.2) is 50.9 Å². The lowest BCUT2D eigenvalue weighted by Crippen LogP contribution is -2.47. The third-order valence-electron chi connectivity index (χ3n) is 6.18. The summed E-state index contributed by atoms with van der Waals surface area (Å²) in [4.78, 5) is 37.2. The molecule has 2 atom stereocenters. The molecular formula is C29H25N3O9S2. The normalized spacial score (nSPS) is 12.8. The van der Waals surface area contributed by atoms with E-state index < -0.39 is 49.9 Å². The van der Waals surface area contributed by atoms with Crippen molar-refractivity contribution in [1.82, 2.24) is 5.32 Å². The number of benzene rings is 4. The molecule has 0 radical (unpaired) electrons. The molecule has 5 N–H and O–H groups in total. The third kappa shape index (κ3) is 7.55. The maximum Gasteiger partial charge on any atom is 0.327 e. The maximum absolute atomic E-state index is 12.9. The minimum Gasteiger partial charge on any atom is -0.481 e. The van der Waals surface area contributed by atoms with E-state index in [0.29, 0.717) is 0 Å². The van der Waals surface area contributed by atoms with Crippen LogP contribution in [0.15, 0.2) is 119 Å². The second-order valence-corrected chi connectivity index (χ2v) is 12.5. The molecule has 0 spiro atoms. The van der Waals surface area contributed by atoms with Crippen LogP contribution < -0.4 is 14.8 Å². The van der Waals surface area contributed by atoms with E-state index in [4.69, 9.17) is 0 Å². The summed E-state index contributed by atoms with van der Waals surface area (Å²) in [6, 6.07) is 23.4. The van der Waals surface area contributed by atoms with Crippen molar-refractivity contribution in [2.75, 3.05) is 9.44 Å². The summed E-state index contributed by atoms with van der Waals surface area (Å²) in [6.07, 6.45) is 0. The van der Waals surface area contributed by atoms with Crippen molar-refractivity contribution in [1.29, 1.82) is 0 Å². The Balaban J connectivity index is 1.49. The number of amides is 1. The van der Waals surface area contributed by atoms with Gasteiger partial charge in [0.05, 0.1) is 9.79 Å². The van der Waals surface area contributed by atoms with Crippen molar-refractivity contribution in [3.63, 3.8) is 0 Å². The molecule has 1 amide bonds. The Labute approximate surface area is 247 Å². The van der Waals surface area contributed by atoms with Gasteiger partial charge in [0.25, 0.3) is 26.0 Å². The van der Waals surface area contributed by atoms with Crippen LogP contribution in [0.4, 0.5) is 11.4 Å². The van der Waals surface area contributed by atoms with Crippen LogP contribution in [0, 0.1) is 0 Å². The molecule has 0 aliphatic carbocycles. The van der Waals surface area contributed by atoms with Crippen molar-refractivity contribution in [2.45, 2.75) is 21.8 Å². The van der Waals surface area contributed by atoms with Gasteiger partial charge in [0.2, 0.25) is 0 Å². The number of hydrogen-bond acceptors (Lipinski definition) is 7. The number of rotatable bonds is 12. The smallest absolute Gasteiger partial charge is 0.327 e. The molecule has 4 aromatic carbocycles. The fourth-order valence-corrected chi connectivity index (χ4v) is 6.22. The lowest BCUT2D eigenvalue weighted by molar-refractivity contribution is -0.147. The molecule has 222 valence electrons. The molecule has 43 heavy (non-hydrogen) atoms. The van der Waals surface area contributed by atoms with Gasteiger partial charge in [0, 0.05) is 16.9 Å². The summed E-state index contributed by atoms with van der Waals surface area (Å²) in [6.45, 7) is 0. The van der Waals surface area contributed by atoms with Crippen LogP contribution in [0.3, 0.4) is 0 Å². The molecule has 4 aromatic rings. The predicted octanol–water partition coefficient (Wildman–Crippen LogP) is 3.34. The van der Waals surface area contributed by atoms with Crippen LogP contribution in [0.2, 0.25) is 0 Å². The number of aliphatic carboxylic acids is 2. The van der Waals surface area contributed by atoms with E-state index in [1.54, 1.807) is 36.4 Å². The highest BCUT2D eigenvalue weighted by Gasteiger charge is 2.36. The minimum atomic E-state index is -3.92. The molecule has 0 bridgehead atoms. The molecule has 0 heterocycles. The summed E-state index contributed by atoms with van der Waals surface area (Å²) >= 11 is 0. The summed E-state index contributed by atoms with van der Waals surface area (Å²) in [5.41, 5.74) is 0.189. The summed E-state index contributed by atoms with van der Waals surface area (Å²) in [5, 5.41) is 21.9. The maximum atomic E-state index is 12.9. The van der Waals surface area contributed by atoms with Gasteiger partial charge in [-0.1, -0.05) is 48.5 Å². The first-order valence-corrected chi connectivity index (χ1v) is 15.5. The lowest BCUT2D eigenvalue weighted by Gasteiger charge is -2.22. The van der Waals surface area contributed by atoms with Crippen LogP contribution in [-0.2, 0) is 29.6 Å².